The maximum atomic E-state index is 13.0. The van der Waals surface area contributed by atoms with Crippen molar-refractivity contribution in [2.45, 2.75) is 12.5 Å². The van der Waals surface area contributed by atoms with Crippen LogP contribution in [0.5, 0.6) is 5.75 Å². The highest BCUT2D eigenvalue weighted by Gasteiger charge is 2.35. The standard InChI is InChI=1S/C25H21FN2O5/c1-31-20-11-7-18(8-12-20)21-15-22(23-3-2-14-32-23)28(27-21)24(29)16-33-25(30)13-6-17-4-9-19(26)10-5-17/h2-14,22H,15-16H2,1H3/b13-6+. The first-order valence-electron chi connectivity index (χ1n) is 10.2. The molecule has 33 heavy (non-hydrogen) atoms. The fourth-order valence-electron chi connectivity index (χ4n) is 3.39. The van der Waals surface area contributed by atoms with E-state index in [4.69, 9.17) is 13.9 Å². The van der Waals surface area contributed by atoms with E-state index in [1.807, 2.05) is 24.3 Å². The maximum absolute atomic E-state index is 13.0. The fraction of sp³-hybridized carbons (Fsp3) is 0.160. The first-order chi connectivity index (χ1) is 16.0. The van der Waals surface area contributed by atoms with Crippen molar-refractivity contribution < 1.29 is 27.9 Å². The smallest absolute Gasteiger partial charge is 0.331 e. The number of carbonyl (C=O) groups excluding carboxylic acids is 2. The van der Waals surface area contributed by atoms with Crippen LogP contribution in [0.1, 0.15) is 29.3 Å². The summed E-state index contributed by atoms with van der Waals surface area (Å²) >= 11 is 0. The maximum Gasteiger partial charge on any atom is 0.331 e. The molecule has 7 nitrogen and oxygen atoms in total. The van der Waals surface area contributed by atoms with Gasteiger partial charge in [0.1, 0.15) is 23.4 Å². The van der Waals surface area contributed by atoms with Gasteiger partial charge < -0.3 is 13.9 Å². The van der Waals surface area contributed by atoms with Crippen LogP contribution in [0.3, 0.4) is 0 Å². The first-order valence-corrected chi connectivity index (χ1v) is 10.2. The molecule has 1 aliphatic rings. The number of esters is 1. The third-order valence-electron chi connectivity index (χ3n) is 5.08. The van der Waals surface area contributed by atoms with E-state index in [0.717, 1.165) is 5.56 Å². The molecule has 168 valence electrons. The number of furan rings is 1. The Morgan fingerprint density at radius 1 is 1.15 bits per heavy atom. The second kappa shape index (κ2) is 9.95. The molecular weight excluding hydrogens is 427 g/mol. The highest BCUT2D eigenvalue weighted by molar-refractivity contribution is 6.03. The lowest BCUT2D eigenvalue weighted by atomic mass is 10.0. The predicted molar refractivity (Wildman–Crippen MR) is 119 cm³/mol. The molecule has 0 aliphatic carbocycles. The van der Waals surface area contributed by atoms with E-state index in [1.165, 1.54) is 47.7 Å². The van der Waals surface area contributed by atoms with Gasteiger partial charge in [-0.3, -0.25) is 4.79 Å². The Labute approximate surface area is 189 Å². The number of hydrogen-bond donors (Lipinski definition) is 0. The molecule has 1 amide bonds. The van der Waals surface area contributed by atoms with Crippen LogP contribution in [-0.4, -0.2) is 36.3 Å². The molecule has 1 unspecified atom stereocenters. The number of hydrazone groups is 1. The Morgan fingerprint density at radius 2 is 1.91 bits per heavy atom. The molecule has 0 N–H and O–H groups in total. The topological polar surface area (TPSA) is 81.3 Å². The summed E-state index contributed by atoms with van der Waals surface area (Å²) in [5.74, 6) is -0.248. The van der Waals surface area contributed by atoms with Crippen molar-refractivity contribution in [1.82, 2.24) is 5.01 Å². The Kier molecular flexibility index (Phi) is 6.64. The van der Waals surface area contributed by atoms with Gasteiger partial charge in [-0.1, -0.05) is 12.1 Å². The van der Waals surface area contributed by atoms with Crippen LogP contribution in [0.25, 0.3) is 6.08 Å². The van der Waals surface area contributed by atoms with Crippen LogP contribution >= 0.6 is 0 Å². The van der Waals surface area contributed by atoms with Crippen molar-refractivity contribution in [3.8, 4) is 5.75 Å². The summed E-state index contributed by atoms with van der Waals surface area (Å²) in [4.78, 5) is 24.9. The van der Waals surface area contributed by atoms with E-state index in [0.29, 0.717) is 29.2 Å². The number of ether oxygens (including phenoxy) is 2. The summed E-state index contributed by atoms with van der Waals surface area (Å²) in [5, 5.41) is 5.77. The summed E-state index contributed by atoms with van der Waals surface area (Å²) in [5.41, 5.74) is 2.18. The number of methoxy groups -OCH3 is 1. The molecule has 0 spiro atoms. The molecule has 4 rings (SSSR count). The van der Waals surface area contributed by atoms with Crippen LogP contribution in [0.15, 0.2) is 82.5 Å². The number of carbonyl (C=O) groups is 2. The third kappa shape index (κ3) is 5.35. The molecule has 0 bridgehead atoms. The van der Waals surface area contributed by atoms with Gasteiger partial charge in [-0.2, -0.15) is 5.10 Å². The van der Waals surface area contributed by atoms with Gasteiger partial charge in [-0.25, -0.2) is 14.2 Å². The number of halogens is 1. The lowest BCUT2D eigenvalue weighted by Gasteiger charge is -2.19. The Morgan fingerprint density at radius 3 is 2.58 bits per heavy atom. The minimum absolute atomic E-state index is 0.369. The largest absolute Gasteiger partial charge is 0.497 e. The second-order valence-electron chi connectivity index (χ2n) is 7.24. The van der Waals surface area contributed by atoms with E-state index >= 15 is 0 Å². The molecule has 2 heterocycles. The van der Waals surface area contributed by atoms with Gasteiger partial charge in [-0.15, -0.1) is 0 Å². The monoisotopic (exact) mass is 448 g/mol. The van der Waals surface area contributed by atoms with Gasteiger partial charge in [0.25, 0.3) is 5.91 Å². The minimum atomic E-state index is -0.694. The molecule has 0 saturated heterocycles. The van der Waals surface area contributed by atoms with Crippen molar-refractivity contribution in [2.75, 3.05) is 13.7 Å². The molecular formula is C25H21FN2O5. The minimum Gasteiger partial charge on any atom is -0.497 e. The molecule has 2 aromatic carbocycles. The number of amides is 1. The van der Waals surface area contributed by atoms with Crippen LogP contribution in [-0.2, 0) is 14.3 Å². The fourth-order valence-corrected chi connectivity index (χ4v) is 3.39. The van der Waals surface area contributed by atoms with Crippen molar-refractivity contribution in [2.24, 2.45) is 5.10 Å². The van der Waals surface area contributed by atoms with E-state index in [9.17, 15) is 14.0 Å². The van der Waals surface area contributed by atoms with Crippen LogP contribution in [0.2, 0.25) is 0 Å². The second-order valence-corrected chi connectivity index (χ2v) is 7.24. The number of rotatable bonds is 7. The first kappa shape index (κ1) is 22.0. The predicted octanol–water partition coefficient (Wildman–Crippen LogP) is 4.36. The average Bonchev–Trinajstić information content (AvgIpc) is 3.52. The highest BCUT2D eigenvalue weighted by Crippen LogP contribution is 2.33. The molecule has 0 fully saturated rings. The highest BCUT2D eigenvalue weighted by atomic mass is 19.1. The van der Waals surface area contributed by atoms with Gasteiger partial charge in [0.15, 0.2) is 6.61 Å². The normalized spacial score (nSPS) is 15.5. The quantitative estimate of drug-likeness (QED) is 0.396. The molecule has 1 aliphatic heterocycles. The Bertz CT molecular complexity index is 1170. The van der Waals surface area contributed by atoms with E-state index in [1.54, 1.807) is 19.2 Å². The Hall–Kier alpha value is -4.20. The molecule has 1 aromatic heterocycles. The number of hydrogen-bond acceptors (Lipinski definition) is 6. The lowest BCUT2D eigenvalue weighted by Crippen LogP contribution is -2.31. The zero-order valence-corrected chi connectivity index (χ0v) is 17.8. The van der Waals surface area contributed by atoms with Gasteiger partial charge >= 0.3 is 5.97 Å². The average molecular weight is 448 g/mol. The number of benzene rings is 2. The zero-order valence-electron chi connectivity index (χ0n) is 17.8. The van der Waals surface area contributed by atoms with Gasteiger partial charge in [-0.05, 0) is 65.7 Å². The SMILES string of the molecule is COc1ccc(C2=NN(C(=O)COC(=O)/C=C/c3ccc(F)cc3)C(c3ccco3)C2)cc1. The summed E-state index contributed by atoms with van der Waals surface area (Å²) in [7, 11) is 1.59. The van der Waals surface area contributed by atoms with Gasteiger partial charge in [0.2, 0.25) is 0 Å². The molecule has 1 atom stereocenters. The molecule has 8 heteroatoms. The van der Waals surface area contributed by atoms with Crippen LogP contribution in [0, 0.1) is 5.82 Å². The van der Waals surface area contributed by atoms with E-state index in [-0.39, 0.29) is 5.82 Å². The summed E-state index contributed by atoms with van der Waals surface area (Å²) in [6.45, 7) is -0.483. The van der Waals surface area contributed by atoms with Gasteiger partial charge in [0, 0.05) is 12.5 Å². The van der Waals surface area contributed by atoms with Crippen molar-refractivity contribution in [3.05, 3.63) is 95.7 Å². The van der Waals surface area contributed by atoms with Crippen LogP contribution < -0.4 is 4.74 Å². The van der Waals surface area contributed by atoms with E-state index < -0.39 is 24.5 Å². The summed E-state index contributed by atoms with van der Waals surface area (Å²) in [6.07, 6.45) is 4.64. The molecule has 3 aromatic rings. The van der Waals surface area contributed by atoms with E-state index in [2.05, 4.69) is 5.10 Å². The third-order valence-corrected chi connectivity index (χ3v) is 5.08. The summed E-state index contributed by atoms with van der Waals surface area (Å²) < 4.78 is 28.8. The number of nitrogens with zero attached hydrogens (tertiary/aromatic N) is 2. The zero-order chi connectivity index (χ0) is 23.2. The Balaban J connectivity index is 1.44. The van der Waals surface area contributed by atoms with Crippen LogP contribution in [0.4, 0.5) is 4.39 Å². The van der Waals surface area contributed by atoms with Crippen molar-refractivity contribution in [3.63, 3.8) is 0 Å². The summed E-state index contributed by atoms with van der Waals surface area (Å²) in [6, 6.07) is 16.1. The van der Waals surface area contributed by atoms with Gasteiger partial charge in [0.05, 0.1) is 19.1 Å². The van der Waals surface area contributed by atoms with Crippen molar-refractivity contribution in [1.29, 1.82) is 0 Å². The molecule has 0 radical (unpaired) electrons. The molecule has 0 saturated carbocycles. The lowest BCUT2D eigenvalue weighted by molar-refractivity contribution is -0.149. The van der Waals surface area contributed by atoms with Crippen molar-refractivity contribution >= 4 is 23.7 Å².